The van der Waals surface area contributed by atoms with Crippen molar-refractivity contribution in [1.82, 2.24) is 4.90 Å². The van der Waals surface area contributed by atoms with Crippen LogP contribution in [0.25, 0.3) is 0 Å². The van der Waals surface area contributed by atoms with Gasteiger partial charge in [0.15, 0.2) is 0 Å². The molecule has 116 valence electrons. The van der Waals surface area contributed by atoms with E-state index in [0.29, 0.717) is 5.56 Å². The molecule has 21 heavy (non-hydrogen) atoms. The molecule has 0 saturated carbocycles. The van der Waals surface area contributed by atoms with Crippen LogP contribution in [0.4, 0.5) is 4.39 Å². The standard InChI is InChI=1S/C15H20FNO4/c1-11(12-5-3-4-6-13(12)16)9-14(18)17(7-8-21-2)10-15(19)20/h3-6,11H,7-10H2,1-2H3,(H,19,20). The number of rotatable bonds is 8. The highest BCUT2D eigenvalue weighted by Gasteiger charge is 2.21. The lowest BCUT2D eigenvalue weighted by molar-refractivity contribution is -0.145. The summed E-state index contributed by atoms with van der Waals surface area (Å²) in [5.74, 6) is -2.10. The zero-order chi connectivity index (χ0) is 15.8. The van der Waals surface area contributed by atoms with Gasteiger partial charge in [0.05, 0.1) is 6.61 Å². The van der Waals surface area contributed by atoms with Crippen LogP contribution in [0.5, 0.6) is 0 Å². The second kappa shape index (κ2) is 8.36. The number of nitrogens with zero attached hydrogens (tertiary/aromatic N) is 1. The maximum Gasteiger partial charge on any atom is 0.323 e. The van der Waals surface area contributed by atoms with Crippen LogP contribution in [-0.4, -0.2) is 48.7 Å². The van der Waals surface area contributed by atoms with Crippen molar-refractivity contribution in [3.05, 3.63) is 35.6 Å². The largest absolute Gasteiger partial charge is 0.480 e. The van der Waals surface area contributed by atoms with E-state index >= 15 is 0 Å². The van der Waals surface area contributed by atoms with Gasteiger partial charge in [-0.15, -0.1) is 0 Å². The number of hydrogen-bond donors (Lipinski definition) is 1. The molecule has 0 radical (unpaired) electrons. The van der Waals surface area contributed by atoms with Crippen molar-refractivity contribution in [1.29, 1.82) is 0 Å². The molecule has 0 heterocycles. The summed E-state index contributed by atoms with van der Waals surface area (Å²) in [6.45, 7) is 1.82. The summed E-state index contributed by atoms with van der Waals surface area (Å²) in [5.41, 5.74) is 0.452. The quantitative estimate of drug-likeness (QED) is 0.795. The number of carboxylic acids is 1. The molecule has 1 amide bonds. The molecule has 5 nitrogen and oxygen atoms in total. The molecule has 0 saturated heterocycles. The molecule has 0 spiro atoms. The van der Waals surface area contributed by atoms with Gasteiger partial charge in [-0.3, -0.25) is 9.59 Å². The third-order valence-electron chi connectivity index (χ3n) is 3.16. The van der Waals surface area contributed by atoms with Crippen LogP contribution >= 0.6 is 0 Å². The predicted octanol–water partition coefficient (Wildman–Crippen LogP) is 1.88. The number of amides is 1. The van der Waals surface area contributed by atoms with E-state index in [0.717, 1.165) is 0 Å². The summed E-state index contributed by atoms with van der Waals surface area (Å²) >= 11 is 0. The highest BCUT2D eigenvalue weighted by molar-refractivity contribution is 5.81. The SMILES string of the molecule is COCCN(CC(=O)O)C(=O)CC(C)c1ccccc1F. The van der Waals surface area contributed by atoms with Gasteiger partial charge in [-0.25, -0.2) is 4.39 Å². The van der Waals surface area contributed by atoms with Crippen LogP contribution in [0.1, 0.15) is 24.8 Å². The highest BCUT2D eigenvalue weighted by Crippen LogP contribution is 2.22. The van der Waals surface area contributed by atoms with E-state index in [1.165, 1.54) is 18.1 Å². The lowest BCUT2D eigenvalue weighted by Gasteiger charge is -2.22. The Balaban J connectivity index is 2.71. The van der Waals surface area contributed by atoms with Crippen LogP contribution in [0, 0.1) is 5.82 Å². The monoisotopic (exact) mass is 297 g/mol. The Hall–Kier alpha value is -1.95. The van der Waals surface area contributed by atoms with Crippen molar-refractivity contribution in [2.45, 2.75) is 19.3 Å². The van der Waals surface area contributed by atoms with Crippen molar-refractivity contribution >= 4 is 11.9 Å². The molecule has 1 aromatic carbocycles. The zero-order valence-corrected chi connectivity index (χ0v) is 12.2. The number of carboxylic acid groups (broad SMARTS) is 1. The summed E-state index contributed by atoms with van der Waals surface area (Å²) in [6.07, 6.45) is 0.0535. The first-order chi connectivity index (χ1) is 9.95. The van der Waals surface area contributed by atoms with Crippen molar-refractivity contribution in [3.63, 3.8) is 0 Å². The van der Waals surface area contributed by atoms with Crippen LogP contribution < -0.4 is 0 Å². The van der Waals surface area contributed by atoms with Crippen molar-refractivity contribution < 1.29 is 23.8 Å². The Bertz CT molecular complexity index is 492. The third-order valence-corrected chi connectivity index (χ3v) is 3.16. The minimum Gasteiger partial charge on any atom is -0.480 e. The number of carbonyl (C=O) groups is 2. The molecular weight excluding hydrogens is 277 g/mol. The summed E-state index contributed by atoms with van der Waals surface area (Å²) in [4.78, 5) is 24.2. The van der Waals surface area contributed by atoms with Gasteiger partial charge in [0.2, 0.25) is 5.91 Å². The van der Waals surface area contributed by atoms with E-state index in [4.69, 9.17) is 9.84 Å². The van der Waals surface area contributed by atoms with Crippen LogP contribution in [0.2, 0.25) is 0 Å². The maximum absolute atomic E-state index is 13.7. The van der Waals surface area contributed by atoms with Gasteiger partial charge in [-0.1, -0.05) is 25.1 Å². The van der Waals surface area contributed by atoms with Crippen LogP contribution in [0.3, 0.4) is 0 Å². The Labute approximate surface area is 123 Å². The maximum atomic E-state index is 13.7. The van der Waals surface area contributed by atoms with Gasteiger partial charge >= 0.3 is 5.97 Å². The zero-order valence-electron chi connectivity index (χ0n) is 12.2. The normalized spacial score (nSPS) is 12.0. The topological polar surface area (TPSA) is 66.8 Å². The highest BCUT2D eigenvalue weighted by atomic mass is 19.1. The van der Waals surface area contributed by atoms with E-state index in [2.05, 4.69) is 0 Å². The molecule has 0 bridgehead atoms. The van der Waals surface area contributed by atoms with Crippen LogP contribution in [-0.2, 0) is 14.3 Å². The molecule has 1 unspecified atom stereocenters. The number of carbonyl (C=O) groups excluding carboxylic acids is 1. The second-order valence-corrected chi connectivity index (χ2v) is 4.83. The average molecular weight is 297 g/mol. The number of hydrogen-bond acceptors (Lipinski definition) is 3. The number of halogens is 1. The lowest BCUT2D eigenvalue weighted by Crippen LogP contribution is -2.38. The number of methoxy groups -OCH3 is 1. The van der Waals surface area contributed by atoms with Gasteiger partial charge in [0.1, 0.15) is 12.4 Å². The first kappa shape index (κ1) is 17.1. The molecule has 1 rings (SSSR count). The predicted molar refractivity (Wildman–Crippen MR) is 75.5 cm³/mol. The van der Waals surface area contributed by atoms with Crippen molar-refractivity contribution in [2.75, 3.05) is 26.8 Å². The van der Waals surface area contributed by atoms with Gasteiger partial charge in [-0.2, -0.15) is 0 Å². The van der Waals surface area contributed by atoms with Gasteiger partial charge in [-0.05, 0) is 17.5 Å². The molecule has 0 fully saturated rings. The van der Waals surface area contributed by atoms with Crippen LogP contribution in [0.15, 0.2) is 24.3 Å². The lowest BCUT2D eigenvalue weighted by atomic mass is 9.96. The summed E-state index contributed by atoms with van der Waals surface area (Å²) in [6, 6.07) is 6.27. The van der Waals surface area contributed by atoms with Gasteiger partial charge < -0.3 is 14.7 Å². The number of benzene rings is 1. The Morgan fingerprint density at radius 3 is 2.62 bits per heavy atom. The molecular formula is C15H20FNO4. The van der Waals surface area contributed by atoms with Crippen molar-refractivity contribution in [2.24, 2.45) is 0 Å². The molecule has 6 heteroatoms. The van der Waals surface area contributed by atoms with Crippen molar-refractivity contribution in [3.8, 4) is 0 Å². The van der Waals surface area contributed by atoms with E-state index in [9.17, 15) is 14.0 Å². The number of aliphatic carboxylic acids is 1. The van der Waals surface area contributed by atoms with E-state index in [1.807, 2.05) is 0 Å². The fourth-order valence-electron chi connectivity index (χ4n) is 2.03. The molecule has 0 aliphatic heterocycles. The molecule has 1 N–H and O–H groups in total. The first-order valence-corrected chi connectivity index (χ1v) is 6.68. The number of ether oxygens (including phenoxy) is 1. The Morgan fingerprint density at radius 2 is 2.05 bits per heavy atom. The fraction of sp³-hybridized carbons (Fsp3) is 0.467. The molecule has 1 aromatic rings. The fourth-order valence-corrected chi connectivity index (χ4v) is 2.03. The van der Waals surface area contributed by atoms with Gasteiger partial charge in [0.25, 0.3) is 0 Å². The summed E-state index contributed by atoms with van der Waals surface area (Å²) in [5, 5.41) is 8.83. The smallest absolute Gasteiger partial charge is 0.323 e. The summed E-state index contributed by atoms with van der Waals surface area (Å²) in [7, 11) is 1.48. The minimum absolute atomic E-state index is 0.0535. The molecule has 1 atom stereocenters. The molecule has 0 aliphatic carbocycles. The Morgan fingerprint density at radius 1 is 1.38 bits per heavy atom. The minimum atomic E-state index is -1.09. The summed E-state index contributed by atoms with van der Waals surface area (Å²) < 4.78 is 18.5. The van der Waals surface area contributed by atoms with E-state index in [1.54, 1.807) is 25.1 Å². The first-order valence-electron chi connectivity index (χ1n) is 6.68. The van der Waals surface area contributed by atoms with Gasteiger partial charge in [0, 0.05) is 20.1 Å². The second-order valence-electron chi connectivity index (χ2n) is 4.83. The van der Waals surface area contributed by atoms with E-state index in [-0.39, 0.29) is 43.8 Å². The average Bonchev–Trinajstić information content (AvgIpc) is 2.43. The molecule has 0 aromatic heterocycles. The Kier molecular flexibility index (Phi) is 6.81. The van der Waals surface area contributed by atoms with E-state index < -0.39 is 5.97 Å². The molecule has 0 aliphatic rings. The third kappa shape index (κ3) is 5.51.